The van der Waals surface area contributed by atoms with E-state index in [4.69, 9.17) is 23.1 Å². The zero-order chi connectivity index (χ0) is 11.6. The van der Waals surface area contributed by atoms with Gasteiger partial charge in [-0.05, 0) is 11.6 Å². The summed E-state index contributed by atoms with van der Waals surface area (Å²) in [6.45, 7) is 0.0111. The molecule has 0 amide bonds. The number of alkyl halides is 3. The zero-order valence-corrected chi connectivity index (χ0v) is 8.19. The molecule has 0 fully saturated rings. The van der Waals surface area contributed by atoms with Gasteiger partial charge in [0.05, 0.1) is 10.7 Å². The second kappa shape index (κ2) is 4.16. The molecule has 0 heterocycles. The first-order valence-electron chi connectivity index (χ1n) is 3.88. The average Bonchev–Trinajstić information content (AvgIpc) is 2.11. The molecule has 4 N–H and O–H groups in total. The summed E-state index contributed by atoms with van der Waals surface area (Å²) in [5.41, 5.74) is 10.8. The molecule has 0 aliphatic carbocycles. The van der Waals surface area contributed by atoms with Gasteiger partial charge in [-0.2, -0.15) is 0 Å². The van der Waals surface area contributed by atoms with Gasteiger partial charge in [0.1, 0.15) is 0 Å². The molecule has 3 nitrogen and oxygen atoms in total. The van der Waals surface area contributed by atoms with Gasteiger partial charge in [0.25, 0.3) is 0 Å². The van der Waals surface area contributed by atoms with Crippen molar-refractivity contribution in [2.45, 2.75) is 12.9 Å². The van der Waals surface area contributed by atoms with Gasteiger partial charge in [0.15, 0.2) is 5.75 Å². The van der Waals surface area contributed by atoms with E-state index >= 15 is 0 Å². The van der Waals surface area contributed by atoms with E-state index < -0.39 is 12.1 Å². The smallest absolute Gasteiger partial charge is 0.402 e. The number of ether oxygens (including phenoxy) is 1. The molecule has 0 unspecified atom stereocenters. The lowest BCUT2D eigenvalue weighted by atomic mass is 10.1. The molecule has 0 radical (unpaired) electrons. The summed E-state index contributed by atoms with van der Waals surface area (Å²) in [6, 6.07) is 2.70. The number of nitrogens with two attached hydrogens (primary N) is 2. The van der Waals surface area contributed by atoms with Crippen molar-refractivity contribution in [2.24, 2.45) is 5.73 Å². The van der Waals surface area contributed by atoms with E-state index in [9.17, 15) is 13.2 Å². The van der Waals surface area contributed by atoms with Gasteiger partial charge in [0.2, 0.25) is 0 Å². The van der Waals surface area contributed by atoms with Gasteiger partial charge < -0.3 is 16.2 Å². The van der Waals surface area contributed by atoms with Crippen LogP contribution in [0.2, 0.25) is 5.02 Å². The molecule has 0 aromatic heterocycles. The molecule has 0 saturated carbocycles. The standard InChI is InChI=1S/C8H8ClF3N2O/c9-5-2-1-4(3-13)6(14)7(5)15-8(10,11)12/h1-2H,3,13-14H2. The SMILES string of the molecule is NCc1ccc(Cl)c(OC(F)(F)F)c1N. The van der Waals surface area contributed by atoms with Gasteiger partial charge in [-0.1, -0.05) is 17.7 Å². The lowest BCUT2D eigenvalue weighted by Crippen LogP contribution is -2.19. The quantitative estimate of drug-likeness (QED) is 0.780. The van der Waals surface area contributed by atoms with Gasteiger partial charge in [-0.25, -0.2) is 0 Å². The third-order valence-corrected chi connectivity index (χ3v) is 1.97. The molecule has 1 aromatic carbocycles. The van der Waals surface area contributed by atoms with Crippen LogP contribution in [0, 0.1) is 0 Å². The Bertz CT molecular complexity index is 368. The van der Waals surface area contributed by atoms with E-state index in [1.54, 1.807) is 0 Å². The Morgan fingerprint density at radius 1 is 1.33 bits per heavy atom. The van der Waals surface area contributed by atoms with Crippen molar-refractivity contribution < 1.29 is 17.9 Å². The summed E-state index contributed by atoms with van der Waals surface area (Å²) >= 11 is 5.52. The fraction of sp³-hybridized carbons (Fsp3) is 0.250. The highest BCUT2D eigenvalue weighted by atomic mass is 35.5. The molecule has 0 atom stereocenters. The first kappa shape index (κ1) is 11.9. The maximum atomic E-state index is 12.0. The Balaban J connectivity index is 3.15. The Morgan fingerprint density at radius 2 is 1.93 bits per heavy atom. The summed E-state index contributed by atoms with van der Waals surface area (Å²) in [4.78, 5) is 0. The monoisotopic (exact) mass is 240 g/mol. The minimum atomic E-state index is -4.83. The van der Waals surface area contributed by atoms with Crippen LogP contribution in [0.4, 0.5) is 18.9 Å². The maximum Gasteiger partial charge on any atom is 0.573 e. The molecule has 84 valence electrons. The van der Waals surface area contributed by atoms with Crippen molar-refractivity contribution in [3.63, 3.8) is 0 Å². The molecular formula is C8H8ClF3N2O. The van der Waals surface area contributed by atoms with Crippen LogP contribution < -0.4 is 16.2 Å². The molecule has 7 heteroatoms. The van der Waals surface area contributed by atoms with Gasteiger partial charge in [-0.3, -0.25) is 0 Å². The van der Waals surface area contributed by atoms with E-state index in [-0.39, 0.29) is 17.3 Å². The maximum absolute atomic E-state index is 12.0. The van der Waals surface area contributed by atoms with Crippen LogP contribution in [0.25, 0.3) is 0 Å². The summed E-state index contributed by atoms with van der Waals surface area (Å²) in [5.74, 6) is -0.605. The number of hydrogen-bond donors (Lipinski definition) is 2. The minimum absolute atomic E-state index is 0.0111. The average molecular weight is 241 g/mol. The van der Waals surface area contributed by atoms with Crippen LogP contribution in [-0.2, 0) is 6.54 Å². The van der Waals surface area contributed by atoms with Gasteiger partial charge in [0, 0.05) is 6.54 Å². The molecule has 0 saturated heterocycles. The van der Waals surface area contributed by atoms with E-state index in [1.165, 1.54) is 12.1 Å². The number of halogens is 4. The molecule has 0 aliphatic rings. The van der Waals surface area contributed by atoms with E-state index in [0.717, 1.165) is 0 Å². The third kappa shape index (κ3) is 2.90. The van der Waals surface area contributed by atoms with Crippen LogP contribution in [-0.4, -0.2) is 6.36 Å². The highest BCUT2D eigenvalue weighted by Crippen LogP contribution is 2.37. The van der Waals surface area contributed by atoms with Crippen molar-refractivity contribution in [1.82, 2.24) is 0 Å². The molecule has 1 aromatic rings. The lowest BCUT2D eigenvalue weighted by Gasteiger charge is -2.14. The molecule has 0 bridgehead atoms. The van der Waals surface area contributed by atoms with Crippen LogP contribution >= 0.6 is 11.6 Å². The van der Waals surface area contributed by atoms with E-state index in [2.05, 4.69) is 4.74 Å². The fourth-order valence-electron chi connectivity index (χ4n) is 1.01. The highest BCUT2D eigenvalue weighted by Gasteiger charge is 2.33. The minimum Gasteiger partial charge on any atom is -0.402 e. The first-order valence-corrected chi connectivity index (χ1v) is 4.25. The number of rotatable bonds is 2. The van der Waals surface area contributed by atoms with Crippen molar-refractivity contribution in [1.29, 1.82) is 0 Å². The predicted molar refractivity (Wildman–Crippen MR) is 50.4 cm³/mol. The van der Waals surface area contributed by atoms with Crippen molar-refractivity contribution in [3.8, 4) is 5.75 Å². The second-order valence-electron chi connectivity index (χ2n) is 2.70. The van der Waals surface area contributed by atoms with Crippen molar-refractivity contribution >= 4 is 17.3 Å². The van der Waals surface area contributed by atoms with Crippen LogP contribution in [0.5, 0.6) is 5.75 Å². The summed E-state index contributed by atoms with van der Waals surface area (Å²) in [6.07, 6.45) is -4.83. The predicted octanol–water partition coefficient (Wildman–Crippen LogP) is 2.28. The number of hydrogen-bond acceptors (Lipinski definition) is 3. The van der Waals surface area contributed by atoms with Crippen molar-refractivity contribution in [2.75, 3.05) is 5.73 Å². The molecule has 1 rings (SSSR count). The van der Waals surface area contributed by atoms with E-state index in [0.29, 0.717) is 5.56 Å². The van der Waals surface area contributed by atoms with Gasteiger partial charge in [-0.15, -0.1) is 13.2 Å². The topological polar surface area (TPSA) is 61.3 Å². The summed E-state index contributed by atoms with van der Waals surface area (Å²) < 4.78 is 39.6. The number of nitrogen functional groups attached to an aromatic ring is 1. The molecule has 0 aliphatic heterocycles. The summed E-state index contributed by atoms with van der Waals surface area (Å²) in [7, 11) is 0. The third-order valence-electron chi connectivity index (χ3n) is 1.68. The molecule has 15 heavy (non-hydrogen) atoms. The Morgan fingerprint density at radius 3 is 2.40 bits per heavy atom. The first-order chi connectivity index (χ1) is 6.85. The van der Waals surface area contributed by atoms with Crippen LogP contribution in [0.3, 0.4) is 0 Å². The second-order valence-corrected chi connectivity index (χ2v) is 3.11. The van der Waals surface area contributed by atoms with Crippen molar-refractivity contribution in [3.05, 3.63) is 22.7 Å². The number of anilines is 1. The Kier molecular flexibility index (Phi) is 3.31. The fourth-order valence-corrected chi connectivity index (χ4v) is 1.21. The number of benzene rings is 1. The lowest BCUT2D eigenvalue weighted by molar-refractivity contribution is -0.274. The Hall–Kier alpha value is -1.14. The Labute approximate surface area is 88.8 Å². The summed E-state index contributed by atoms with van der Waals surface area (Å²) in [5, 5.41) is -0.206. The largest absolute Gasteiger partial charge is 0.573 e. The zero-order valence-electron chi connectivity index (χ0n) is 7.44. The highest BCUT2D eigenvalue weighted by molar-refractivity contribution is 6.32. The van der Waals surface area contributed by atoms with Gasteiger partial charge >= 0.3 is 6.36 Å². The van der Waals surface area contributed by atoms with Crippen LogP contribution in [0.15, 0.2) is 12.1 Å². The molecular weight excluding hydrogens is 233 g/mol. The van der Waals surface area contributed by atoms with E-state index in [1.807, 2.05) is 0 Å². The van der Waals surface area contributed by atoms with Crippen LogP contribution in [0.1, 0.15) is 5.56 Å². The molecule has 0 spiro atoms. The normalized spacial score (nSPS) is 11.5.